The Morgan fingerprint density at radius 1 is 1.03 bits per heavy atom. The van der Waals surface area contributed by atoms with Crippen molar-refractivity contribution in [3.8, 4) is 0 Å². The van der Waals surface area contributed by atoms with Crippen molar-refractivity contribution in [2.75, 3.05) is 6.61 Å². The molecule has 1 aliphatic heterocycles. The molecule has 5 heteroatoms. The summed E-state index contributed by atoms with van der Waals surface area (Å²) in [7, 11) is 0. The van der Waals surface area contributed by atoms with E-state index in [0.29, 0.717) is 18.4 Å². The normalized spacial score (nSPS) is 41.8. The number of hydrogen-bond acceptors (Lipinski definition) is 5. The number of fused-ring (bicyclic) bond motifs is 5. The van der Waals surface area contributed by atoms with Gasteiger partial charge in [0, 0.05) is 12.8 Å². The Bertz CT molecular complexity index is 894. The van der Waals surface area contributed by atoms with Gasteiger partial charge in [-0.05, 0) is 91.3 Å². The number of carbonyl (C=O) groups is 2. The average Bonchev–Trinajstić information content (AvgIpc) is 3.41. The van der Waals surface area contributed by atoms with Crippen molar-refractivity contribution in [3.63, 3.8) is 0 Å². The standard InChI is InChI=1S/C32H50O5/c1-20(2)7-6-8-21(3)25-11-12-26-24-10-9-22-19-23(36-30(34)37-28-15-18-35-29(28)33)13-16-31(22,4)27(24)14-17-32(25,26)5/h9,20-21,23-28H,6-8,10-19H2,1-5H3/t21-,23+,24+,25-,26+,27+,28?,31+,32-/m1/s1. The third kappa shape index (κ3) is 5.10. The van der Waals surface area contributed by atoms with Gasteiger partial charge in [0.1, 0.15) is 6.10 Å². The van der Waals surface area contributed by atoms with Gasteiger partial charge in [0.15, 0.2) is 0 Å². The minimum absolute atomic E-state index is 0.155. The van der Waals surface area contributed by atoms with E-state index in [-0.39, 0.29) is 11.5 Å². The van der Waals surface area contributed by atoms with Gasteiger partial charge in [-0.15, -0.1) is 0 Å². The summed E-state index contributed by atoms with van der Waals surface area (Å²) in [6.07, 6.45) is 14.9. The lowest BCUT2D eigenvalue weighted by molar-refractivity contribution is -0.146. The van der Waals surface area contributed by atoms with Crippen LogP contribution in [0.5, 0.6) is 0 Å². The zero-order valence-electron chi connectivity index (χ0n) is 23.9. The average molecular weight is 515 g/mol. The highest BCUT2D eigenvalue weighted by Crippen LogP contribution is 2.67. The summed E-state index contributed by atoms with van der Waals surface area (Å²) in [6.45, 7) is 12.7. The highest BCUT2D eigenvalue weighted by atomic mass is 16.7. The number of cyclic esters (lactones) is 1. The molecule has 0 amide bonds. The first-order valence-electron chi connectivity index (χ1n) is 15.3. The van der Waals surface area contributed by atoms with Crippen LogP contribution >= 0.6 is 0 Å². The molecule has 0 radical (unpaired) electrons. The van der Waals surface area contributed by atoms with Crippen molar-refractivity contribution in [3.05, 3.63) is 11.6 Å². The van der Waals surface area contributed by atoms with E-state index in [1.165, 1.54) is 56.9 Å². The van der Waals surface area contributed by atoms with Gasteiger partial charge in [0.05, 0.1) is 6.61 Å². The van der Waals surface area contributed by atoms with E-state index in [0.717, 1.165) is 54.8 Å². The molecular weight excluding hydrogens is 464 g/mol. The van der Waals surface area contributed by atoms with Gasteiger partial charge in [0.2, 0.25) is 6.10 Å². The van der Waals surface area contributed by atoms with Crippen LogP contribution in [-0.4, -0.2) is 30.9 Å². The number of carbonyl (C=O) groups excluding carboxylic acids is 2. The predicted octanol–water partition coefficient (Wildman–Crippen LogP) is 7.87. The van der Waals surface area contributed by atoms with E-state index in [1.54, 1.807) is 0 Å². The molecule has 0 N–H and O–H groups in total. The van der Waals surface area contributed by atoms with Gasteiger partial charge in [-0.2, -0.15) is 0 Å². The Kier molecular flexibility index (Phi) is 7.73. The summed E-state index contributed by atoms with van der Waals surface area (Å²) in [6, 6.07) is 0. The lowest BCUT2D eigenvalue weighted by Crippen LogP contribution is -2.51. The van der Waals surface area contributed by atoms with Crippen molar-refractivity contribution in [1.82, 2.24) is 0 Å². The number of rotatable bonds is 7. The monoisotopic (exact) mass is 514 g/mol. The van der Waals surface area contributed by atoms with Gasteiger partial charge in [-0.1, -0.05) is 65.5 Å². The van der Waals surface area contributed by atoms with E-state index in [1.807, 2.05) is 0 Å². The van der Waals surface area contributed by atoms with Crippen molar-refractivity contribution in [2.24, 2.45) is 46.3 Å². The molecule has 9 atom stereocenters. The van der Waals surface area contributed by atoms with E-state index in [9.17, 15) is 9.59 Å². The Morgan fingerprint density at radius 3 is 2.57 bits per heavy atom. The van der Waals surface area contributed by atoms with Crippen LogP contribution in [-0.2, 0) is 19.0 Å². The van der Waals surface area contributed by atoms with Gasteiger partial charge in [-0.25, -0.2) is 9.59 Å². The summed E-state index contributed by atoms with van der Waals surface area (Å²) in [5.74, 6) is 4.49. The molecule has 3 saturated carbocycles. The van der Waals surface area contributed by atoms with E-state index in [4.69, 9.17) is 14.2 Å². The SMILES string of the molecule is CC(C)CCC[C@@H](C)[C@H]1CC[C@H]2[C@@H]3CC=C4C[C@@H](OC(=O)OC5CCOC5=O)CC[C@]4(C)[C@H]3CC[C@]12C. The van der Waals surface area contributed by atoms with E-state index in [2.05, 4.69) is 40.7 Å². The summed E-state index contributed by atoms with van der Waals surface area (Å²) >= 11 is 0. The predicted molar refractivity (Wildman–Crippen MR) is 144 cm³/mol. The minimum Gasteiger partial charge on any atom is -0.463 e. The topological polar surface area (TPSA) is 61.8 Å². The Hall–Kier alpha value is -1.52. The Morgan fingerprint density at radius 2 is 1.84 bits per heavy atom. The fourth-order valence-electron chi connectivity index (χ4n) is 9.62. The van der Waals surface area contributed by atoms with Gasteiger partial charge in [0.25, 0.3) is 0 Å². The Balaban J connectivity index is 1.21. The van der Waals surface area contributed by atoms with Crippen LogP contribution in [0.2, 0.25) is 0 Å². The van der Waals surface area contributed by atoms with E-state index >= 15 is 0 Å². The number of ether oxygens (including phenoxy) is 3. The molecular formula is C32H50O5. The molecule has 0 bridgehead atoms. The molecule has 208 valence electrons. The lowest BCUT2D eigenvalue weighted by atomic mass is 9.47. The fraction of sp³-hybridized carbons (Fsp3) is 0.875. The van der Waals surface area contributed by atoms with E-state index < -0.39 is 18.2 Å². The van der Waals surface area contributed by atoms with Crippen LogP contribution in [0.4, 0.5) is 4.79 Å². The highest BCUT2D eigenvalue weighted by molar-refractivity contribution is 5.79. The second kappa shape index (κ2) is 10.6. The van der Waals surface area contributed by atoms with Crippen LogP contribution in [0.25, 0.3) is 0 Å². The van der Waals surface area contributed by atoms with Gasteiger partial charge in [-0.3, -0.25) is 0 Å². The molecule has 4 aliphatic carbocycles. The van der Waals surface area contributed by atoms with Crippen molar-refractivity contribution in [2.45, 2.75) is 124 Å². The van der Waals surface area contributed by atoms with Crippen LogP contribution in [0, 0.1) is 46.3 Å². The highest BCUT2D eigenvalue weighted by Gasteiger charge is 2.59. The maximum Gasteiger partial charge on any atom is 0.509 e. The number of hydrogen-bond donors (Lipinski definition) is 0. The maximum atomic E-state index is 12.4. The molecule has 0 aromatic heterocycles. The molecule has 4 fully saturated rings. The summed E-state index contributed by atoms with van der Waals surface area (Å²) in [4.78, 5) is 24.0. The largest absolute Gasteiger partial charge is 0.509 e. The minimum atomic E-state index is -0.805. The van der Waals surface area contributed by atoms with Crippen molar-refractivity contribution in [1.29, 1.82) is 0 Å². The van der Waals surface area contributed by atoms with Crippen molar-refractivity contribution < 1.29 is 23.8 Å². The van der Waals surface area contributed by atoms with Crippen LogP contribution in [0.1, 0.15) is 112 Å². The molecule has 5 rings (SSSR count). The second-order valence-electron chi connectivity index (χ2n) is 14.1. The quantitative estimate of drug-likeness (QED) is 0.255. The van der Waals surface area contributed by atoms with Crippen LogP contribution < -0.4 is 0 Å². The van der Waals surface area contributed by atoms with Crippen LogP contribution in [0.3, 0.4) is 0 Å². The zero-order valence-corrected chi connectivity index (χ0v) is 23.9. The molecule has 1 unspecified atom stereocenters. The lowest BCUT2D eigenvalue weighted by Gasteiger charge is -2.58. The molecule has 0 spiro atoms. The molecule has 1 saturated heterocycles. The first-order chi connectivity index (χ1) is 17.6. The second-order valence-corrected chi connectivity index (χ2v) is 14.1. The molecule has 1 heterocycles. The Labute approximate surface area is 224 Å². The fourth-order valence-corrected chi connectivity index (χ4v) is 9.62. The number of esters is 1. The molecule has 5 nitrogen and oxygen atoms in total. The first kappa shape index (κ1) is 27.1. The summed E-state index contributed by atoms with van der Waals surface area (Å²) < 4.78 is 15.8. The molecule has 0 aromatic rings. The van der Waals surface area contributed by atoms with Gasteiger partial charge < -0.3 is 14.2 Å². The maximum absolute atomic E-state index is 12.4. The summed E-state index contributed by atoms with van der Waals surface area (Å²) in [5.41, 5.74) is 2.23. The smallest absolute Gasteiger partial charge is 0.463 e. The molecule has 37 heavy (non-hydrogen) atoms. The first-order valence-corrected chi connectivity index (χ1v) is 15.3. The van der Waals surface area contributed by atoms with Gasteiger partial charge >= 0.3 is 12.1 Å². The van der Waals surface area contributed by atoms with Crippen molar-refractivity contribution >= 4 is 12.1 Å². The zero-order chi connectivity index (χ0) is 26.4. The molecule has 5 aliphatic rings. The number of allylic oxidation sites excluding steroid dienone is 1. The summed E-state index contributed by atoms with van der Waals surface area (Å²) in [5, 5.41) is 0. The van der Waals surface area contributed by atoms with Crippen LogP contribution in [0.15, 0.2) is 11.6 Å². The third-order valence-electron chi connectivity index (χ3n) is 11.6. The molecule has 0 aromatic carbocycles. The third-order valence-corrected chi connectivity index (χ3v) is 11.6.